The Morgan fingerprint density at radius 1 is 0.931 bits per heavy atom. The molecular formula is C22H17N3O4. The van der Waals surface area contributed by atoms with Crippen LogP contribution in [-0.4, -0.2) is 28.0 Å². The van der Waals surface area contributed by atoms with Crippen molar-refractivity contribution in [1.82, 2.24) is 5.01 Å². The molecule has 0 bridgehead atoms. The van der Waals surface area contributed by atoms with Gasteiger partial charge >= 0.3 is 0 Å². The van der Waals surface area contributed by atoms with Gasteiger partial charge in [0, 0.05) is 11.5 Å². The first-order valence-corrected chi connectivity index (χ1v) is 9.00. The van der Waals surface area contributed by atoms with Crippen molar-refractivity contribution in [2.24, 2.45) is 5.10 Å². The predicted molar refractivity (Wildman–Crippen MR) is 109 cm³/mol. The molecule has 2 amide bonds. The maximum atomic E-state index is 12.9. The molecule has 0 saturated carbocycles. The molecule has 1 heterocycles. The SMILES string of the molecule is Cc1cc(C)c(/C=N\N2C(=O)c3cccc4c([N+](=O)[O-])ccc(c34)C2=O)cc1C. The second-order valence-corrected chi connectivity index (χ2v) is 7.08. The van der Waals surface area contributed by atoms with Crippen molar-refractivity contribution >= 4 is 34.5 Å². The van der Waals surface area contributed by atoms with Crippen molar-refractivity contribution in [1.29, 1.82) is 0 Å². The number of amides is 2. The Labute approximate surface area is 166 Å². The van der Waals surface area contributed by atoms with E-state index in [0.29, 0.717) is 5.39 Å². The Kier molecular flexibility index (Phi) is 4.23. The summed E-state index contributed by atoms with van der Waals surface area (Å²) >= 11 is 0. The van der Waals surface area contributed by atoms with E-state index in [1.54, 1.807) is 18.2 Å². The van der Waals surface area contributed by atoms with E-state index in [0.717, 1.165) is 27.3 Å². The second-order valence-electron chi connectivity index (χ2n) is 7.08. The van der Waals surface area contributed by atoms with Gasteiger partial charge in [-0.1, -0.05) is 12.1 Å². The average molecular weight is 387 g/mol. The average Bonchev–Trinajstić information content (AvgIpc) is 2.69. The Morgan fingerprint density at radius 2 is 1.59 bits per heavy atom. The summed E-state index contributed by atoms with van der Waals surface area (Å²) in [7, 11) is 0. The molecule has 3 aromatic carbocycles. The molecule has 4 rings (SSSR count). The number of carbonyl (C=O) groups is 2. The van der Waals surface area contributed by atoms with Gasteiger partial charge in [-0.25, -0.2) is 0 Å². The maximum Gasteiger partial charge on any atom is 0.282 e. The zero-order valence-electron chi connectivity index (χ0n) is 16.1. The lowest BCUT2D eigenvalue weighted by Crippen LogP contribution is -2.36. The highest BCUT2D eigenvalue weighted by atomic mass is 16.6. The molecule has 0 saturated heterocycles. The van der Waals surface area contributed by atoms with Gasteiger partial charge in [-0.3, -0.25) is 19.7 Å². The number of hydrogen-bond acceptors (Lipinski definition) is 5. The molecule has 0 aliphatic carbocycles. The van der Waals surface area contributed by atoms with Gasteiger partial charge in [0.25, 0.3) is 17.5 Å². The summed E-state index contributed by atoms with van der Waals surface area (Å²) in [6.45, 7) is 5.92. The minimum Gasteiger partial charge on any atom is -0.267 e. The highest BCUT2D eigenvalue weighted by molar-refractivity contribution is 6.26. The number of rotatable bonds is 3. The van der Waals surface area contributed by atoms with Gasteiger partial charge < -0.3 is 0 Å². The van der Waals surface area contributed by atoms with Crippen LogP contribution in [0.2, 0.25) is 0 Å². The first kappa shape index (κ1) is 18.5. The molecule has 7 heteroatoms. The van der Waals surface area contributed by atoms with E-state index in [-0.39, 0.29) is 22.2 Å². The molecule has 29 heavy (non-hydrogen) atoms. The molecule has 0 N–H and O–H groups in total. The van der Waals surface area contributed by atoms with Gasteiger partial charge in [-0.2, -0.15) is 10.1 Å². The van der Waals surface area contributed by atoms with Gasteiger partial charge in [0.2, 0.25) is 0 Å². The molecule has 0 fully saturated rings. The second kappa shape index (κ2) is 6.63. The molecule has 0 spiro atoms. The standard InChI is InChI=1S/C22H17N3O4/c1-12-9-14(3)15(10-13(12)2)11-23-24-21(26)17-6-4-5-16-19(25(28)29)8-7-18(20(16)17)22(24)27/h4-11H,1-3H3/b23-11-. The van der Waals surface area contributed by atoms with Crippen LogP contribution in [-0.2, 0) is 0 Å². The van der Waals surface area contributed by atoms with Crippen molar-refractivity contribution in [3.05, 3.63) is 86.0 Å². The molecule has 0 atom stereocenters. The fourth-order valence-electron chi connectivity index (χ4n) is 3.57. The van der Waals surface area contributed by atoms with Crippen LogP contribution in [0.3, 0.4) is 0 Å². The summed E-state index contributed by atoms with van der Waals surface area (Å²) in [6.07, 6.45) is 1.49. The summed E-state index contributed by atoms with van der Waals surface area (Å²) in [5.74, 6) is -1.21. The molecule has 0 unspecified atom stereocenters. The lowest BCUT2D eigenvalue weighted by Gasteiger charge is -2.23. The van der Waals surface area contributed by atoms with E-state index in [2.05, 4.69) is 5.10 Å². The number of benzene rings is 3. The van der Waals surface area contributed by atoms with Gasteiger partial charge in [-0.05, 0) is 67.3 Å². The third kappa shape index (κ3) is 2.87. The van der Waals surface area contributed by atoms with E-state index in [1.807, 2.05) is 32.9 Å². The lowest BCUT2D eigenvalue weighted by atomic mass is 9.94. The summed E-state index contributed by atoms with van der Waals surface area (Å²) in [5, 5.41) is 16.9. The number of imide groups is 1. The number of nitro benzene ring substituents is 1. The van der Waals surface area contributed by atoms with Crippen LogP contribution in [0.4, 0.5) is 5.69 Å². The van der Waals surface area contributed by atoms with E-state index in [1.165, 1.54) is 18.3 Å². The van der Waals surface area contributed by atoms with Gasteiger partial charge in [0.1, 0.15) is 0 Å². The number of nitro groups is 1. The zero-order valence-corrected chi connectivity index (χ0v) is 16.1. The molecule has 7 nitrogen and oxygen atoms in total. The number of non-ortho nitro benzene ring substituents is 1. The summed E-state index contributed by atoms with van der Waals surface area (Å²) in [5.41, 5.74) is 4.30. The monoisotopic (exact) mass is 387 g/mol. The number of carbonyl (C=O) groups excluding carboxylic acids is 2. The third-order valence-corrected chi connectivity index (χ3v) is 5.25. The first-order valence-electron chi connectivity index (χ1n) is 9.00. The highest BCUT2D eigenvalue weighted by Crippen LogP contribution is 2.35. The summed E-state index contributed by atoms with van der Waals surface area (Å²) in [4.78, 5) is 36.7. The van der Waals surface area contributed by atoms with Crippen molar-refractivity contribution in [2.75, 3.05) is 0 Å². The van der Waals surface area contributed by atoms with Crippen LogP contribution in [0.15, 0.2) is 47.6 Å². The van der Waals surface area contributed by atoms with Crippen molar-refractivity contribution in [3.8, 4) is 0 Å². The molecule has 3 aromatic rings. The van der Waals surface area contributed by atoms with Crippen molar-refractivity contribution in [3.63, 3.8) is 0 Å². The Morgan fingerprint density at radius 3 is 2.28 bits per heavy atom. The highest BCUT2D eigenvalue weighted by Gasteiger charge is 2.34. The third-order valence-electron chi connectivity index (χ3n) is 5.25. The summed E-state index contributed by atoms with van der Waals surface area (Å²) < 4.78 is 0. The molecule has 0 aromatic heterocycles. The number of hydrogen-bond donors (Lipinski definition) is 0. The van der Waals surface area contributed by atoms with Crippen LogP contribution < -0.4 is 0 Å². The predicted octanol–water partition coefficient (Wildman–Crippen LogP) is 4.30. The minimum absolute atomic E-state index is 0.145. The van der Waals surface area contributed by atoms with E-state index < -0.39 is 16.7 Å². The Balaban J connectivity index is 1.82. The normalized spacial score (nSPS) is 13.6. The van der Waals surface area contributed by atoms with E-state index >= 15 is 0 Å². The number of hydrazone groups is 1. The number of nitrogens with zero attached hydrogens (tertiary/aromatic N) is 3. The Hall–Kier alpha value is -3.87. The molecular weight excluding hydrogens is 370 g/mol. The van der Waals surface area contributed by atoms with Gasteiger partial charge in [-0.15, -0.1) is 0 Å². The Bertz CT molecular complexity index is 1240. The fourth-order valence-corrected chi connectivity index (χ4v) is 3.57. The quantitative estimate of drug-likeness (QED) is 0.290. The molecule has 1 aliphatic heterocycles. The molecule has 0 radical (unpaired) electrons. The van der Waals surface area contributed by atoms with Crippen molar-refractivity contribution < 1.29 is 14.5 Å². The minimum atomic E-state index is -0.605. The topological polar surface area (TPSA) is 92.9 Å². The zero-order chi connectivity index (χ0) is 20.9. The van der Waals surface area contributed by atoms with E-state index in [4.69, 9.17) is 0 Å². The fraction of sp³-hybridized carbons (Fsp3) is 0.136. The first-order chi connectivity index (χ1) is 13.8. The van der Waals surface area contributed by atoms with E-state index in [9.17, 15) is 19.7 Å². The maximum absolute atomic E-state index is 12.9. The smallest absolute Gasteiger partial charge is 0.267 e. The largest absolute Gasteiger partial charge is 0.282 e. The number of aryl methyl sites for hydroxylation is 3. The van der Waals surface area contributed by atoms with Gasteiger partial charge in [0.05, 0.1) is 27.7 Å². The van der Waals surface area contributed by atoms with Gasteiger partial charge in [0.15, 0.2) is 0 Å². The van der Waals surface area contributed by atoms with Crippen molar-refractivity contribution in [2.45, 2.75) is 20.8 Å². The van der Waals surface area contributed by atoms with Crippen LogP contribution in [0.5, 0.6) is 0 Å². The van der Waals surface area contributed by atoms with Crippen LogP contribution in [0, 0.1) is 30.9 Å². The molecule has 1 aliphatic rings. The van der Waals surface area contributed by atoms with Crippen LogP contribution >= 0.6 is 0 Å². The summed E-state index contributed by atoms with van der Waals surface area (Å²) in [6, 6.07) is 11.3. The van der Waals surface area contributed by atoms with Crippen LogP contribution in [0.25, 0.3) is 10.8 Å². The lowest BCUT2D eigenvalue weighted by molar-refractivity contribution is -0.383. The molecule has 144 valence electrons. The van der Waals surface area contributed by atoms with Crippen LogP contribution in [0.1, 0.15) is 43.0 Å².